The first-order valence-corrected chi connectivity index (χ1v) is 8.48. The van der Waals surface area contributed by atoms with E-state index in [0.29, 0.717) is 0 Å². The summed E-state index contributed by atoms with van der Waals surface area (Å²) in [6.07, 6.45) is 2.95. The standard InChI is InChI=1S/C19H18BrNO/c1-12-9-14-15(17(20)10-12)11-19(21(2)18(14)22)8-7-13-5-3-4-6-16(13)19/h3-6,9-10H,7-8,11H2,1-2H3. The molecule has 2 aliphatic rings. The molecule has 1 unspecified atom stereocenters. The van der Waals surface area contributed by atoms with Gasteiger partial charge in [-0.2, -0.15) is 0 Å². The van der Waals surface area contributed by atoms with Crippen molar-refractivity contribution in [1.29, 1.82) is 0 Å². The quantitative estimate of drug-likeness (QED) is 0.692. The summed E-state index contributed by atoms with van der Waals surface area (Å²) in [5.41, 5.74) is 5.65. The van der Waals surface area contributed by atoms with E-state index in [1.54, 1.807) is 0 Å². The van der Waals surface area contributed by atoms with Gasteiger partial charge in [0.25, 0.3) is 5.91 Å². The van der Waals surface area contributed by atoms with Crippen molar-refractivity contribution in [1.82, 2.24) is 4.90 Å². The minimum atomic E-state index is -0.182. The van der Waals surface area contributed by atoms with Crippen LogP contribution >= 0.6 is 15.9 Å². The summed E-state index contributed by atoms with van der Waals surface area (Å²) in [7, 11) is 1.96. The number of fused-ring (bicyclic) bond motifs is 3. The lowest BCUT2D eigenvalue weighted by atomic mass is 9.78. The van der Waals surface area contributed by atoms with Gasteiger partial charge < -0.3 is 4.90 Å². The number of amides is 1. The zero-order valence-corrected chi connectivity index (χ0v) is 14.4. The van der Waals surface area contributed by atoms with E-state index in [2.05, 4.69) is 46.3 Å². The molecule has 0 fully saturated rings. The number of carbonyl (C=O) groups excluding carboxylic acids is 1. The second kappa shape index (κ2) is 4.69. The normalized spacial score (nSPS) is 22.9. The number of benzene rings is 2. The maximum atomic E-state index is 13.0. The predicted octanol–water partition coefficient (Wildman–Crippen LogP) is 4.23. The number of likely N-dealkylation sites (N-methyl/N-ethyl adjacent to an activating group) is 1. The Kier molecular flexibility index (Phi) is 2.99. The molecule has 0 saturated carbocycles. The lowest BCUT2D eigenvalue weighted by Gasteiger charge is -2.44. The van der Waals surface area contributed by atoms with E-state index in [1.165, 1.54) is 11.1 Å². The molecule has 1 heterocycles. The van der Waals surface area contributed by atoms with Crippen LogP contribution in [0, 0.1) is 6.92 Å². The second-order valence-electron chi connectivity index (χ2n) is 6.50. The maximum absolute atomic E-state index is 13.0. The Morgan fingerprint density at radius 1 is 1.23 bits per heavy atom. The monoisotopic (exact) mass is 355 g/mol. The van der Waals surface area contributed by atoms with Gasteiger partial charge in [-0.25, -0.2) is 0 Å². The van der Waals surface area contributed by atoms with Crippen molar-refractivity contribution in [3.8, 4) is 0 Å². The summed E-state index contributed by atoms with van der Waals surface area (Å²) < 4.78 is 1.06. The number of hydrogen-bond acceptors (Lipinski definition) is 1. The Labute approximate surface area is 139 Å². The lowest BCUT2D eigenvalue weighted by Crippen LogP contribution is -2.51. The van der Waals surface area contributed by atoms with E-state index in [9.17, 15) is 4.79 Å². The molecule has 2 nitrogen and oxygen atoms in total. The first-order chi connectivity index (χ1) is 10.5. The topological polar surface area (TPSA) is 20.3 Å². The molecule has 0 saturated heterocycles. The number of aryl methyl sites for hydroxylation is 2. The molecule has 112 valence electrons. The third-order valence-corrected chi connectivity index (χ3v) is 6.02. The van der Waals surface area contributed by atoms with Crippen molar-refractivity contribution < 1.29 is 4.79 Å². The van der Waals surface area contributed by atoms with Gasteiger partial charge in [-0.3, -0.25) is 4.79 Å². The van der Waals surface area contributed by atoms with Crippen LogP contribution in [0.15, 0.2) is 40.9 Å². The Balaban J connectivity index is 1.94. The second-order valence-corrected chi connectivity index (χ2v) is 7.36. The summed E-state index contributed by atoms with van der Waals surface area (Å²) in [6, 6.07) is 12.7. The Morgan fingerprint density at radius 3 is 2.82 bits per heavy atom. The minimum Gasteiger partial charge on any atom is -0.332 e. The average molecular weight is 356 g/mol. The first-order valence-electron chi connectivity index (χ1n) is 7.68. The first kappa shape index (κ1) is 14.0. The van der Waals surface area contributed by atoms with Crippen LogP contribution in [0.3, 0.4) is 0 Å². The van der Waals surface area contributed by atoms with E-state index in [1.807, 2.05) is 24.9 Å². The minimum absolute atomic E-state index is 0.141. The Hall–Kier alpha value is -1.61. The van der Waals surface area contributed by atoms with Crippen LogP contribution in [0.4, 0.5) is 0 Å². The van der Waals surface area contributed by atoms with E-state index in [-0.39, 0.29) is 11.4 Å². The molecule has 2 aromatic rings. The zero-order chi connectivity index (χ0) is 15.5. The van der Waals surface area contributed by atoms with Crippen LogP contribution < -0.4 is 0 Å². The smallest absolute Gasteiger partial charge is 0.254 e. The van der Waals surface area contributed by atoms with Crippen LogP contribution in [-0.4, -0.2) is 17.9 Å². The molecule has 0 N–H and O–H groups in total. The lowest BCUT2D eigenvalue weighted by molar-refractivity contribution is 0.0504. The maximum Gasteiger partial charge on any atom is 0.254 e. The Morgan fingerprint density at radius 2 is 2.00 bits per heavy atom. The molecule has 0 aromatic heterocycles. The Bertz CT molecular complexity index is 798. The summed E-state index contributed by atoms with van der Waals surface area (Å²) >= 11 is 3.68. The molecule has 1 amide bonds. The molecule has 0 radical (unpaired) electrons. The molecule has 0 bridgehead atoms. The van der Waals surface area contributed by atoms with Gasteiger partial charge in [0, 0.05) is 23.5 Å². The molecule has 1 atom stereocenters. The van der Waals surface area contributed by atoms with Crippen LogP contribution in [0.5, 0.6) is 0 Å². The summed E-state index contributed by atoms with van der Waals surface area (Å²) in [5.74, 6) is 0.141. The van der Waals surface area contributed by atoms with Crippen molar-refractivity contribution in [3.63, 3.8) is 0 Å². The fourth-order valence-electron chi connectivity index (χ4n) is 4.13. The fourth-order valence-corrected chi connectivity index (χ4v) is 4.84. The number of nitrogens with zero attached hydrogens (tertiary/aromatic N) is 1. The highest BCUT2D eigenvalue weighted by Crippen LogP contribution is 2.48. The number of carbonyl (C=O) groups is 1. The molecular formula is C19H18BrNO. The van der Waals surface area contributed by atoms with E-state index in [0.717, 1.165) is 40.4 Å². The van der Waals surface area contributed by atoms with E-state index >= 15 is 0 Å². The van der Waals surface area contributed by atoms with Gasteiger partial charge in [-0.15, -0.1) is 0 Å². The van der Waals surface area contributed by atoms with E-state index < -0.39 is 0 Å². The SMILES string of the molecule is Cc1cc(Br)c2c(c1)C(=O)N(C)C1(CCc3ccccc31)C2. The predicted molar refractivity (Wildman–Crippen MR) is 91.1 cm³/mol. The van der Waals surface area contributed by atoms with Gasteiger partial charge in [-0.1, -0.05) is 40.2 Å². The largest absolute Gasteiger partial charge is 0.332 e. The van der Waals surface area contributed by atoms with Crippen LogP contribution in [0.25, 0.3) is 0 Å². The summed E-state index contributed by atoms with van der Waals surface area (Å²) in [6.45, 7) is 2.04. The van der Waals surface area contributed by atoms with E-state index in [4.69, 9.17) is 0 Å². The van der Waals surface area contributed by atoms with Crippen molar-refractivity contribution >= 4 is 21.8 Å². The average Bonchev–Trinajstić information content (AvgIpc) is 2.87. The molecular weight excluding hydrogens is 338 g/mol. The fraction of sp³-hybridized carbons (Fsp3) is 0.316. The van der Waals surface area contributed by atoms with Crippen LogP contribution in [0.2, 0.25) is 0 Å². The van der Waals surface area contributed by atoms with Gasteiger partial charge in [0.1, 0.15) is 0 Å². The molecule has 22 heavy (non-hydrogen) atoms. The summed E-state index contributed by atoms with van der Waals surface area (Å²) in [4.78, 5) is 15.0. The van der Waals surface area contributed by atoms with Gasteiger partial charge in [-0.05, 0) is 54.2 Å². The van der Waals surface area contributed by atoms with Crippen molar-refractivity contribution in [3.05, 3.63) is 68.7 Å². The van der Waals surface area contributed by atoms with Crippen molar-refractivity contribution in [2.45, 2.75) is 31.7 Å². The van der Waals surface area contributed by atoms with Crippen molar-refractivity contribution in [2.24, 2.45) is 0 Å². The number of rotatable bonds is 0. The zero-order valence-electron chi connectivity index (χ0n) is 12.8. The number of halogens is 1. The molecule has 2 aromatic carbocycles. The van der Waals surface area contributed by atoms with Crippen LogP contribution in [-0.2, 0) is 18.4 Å². The molecule has 4 rings (SSSR count). The third-order valence-electron chi connectivity index (χ3n) is 5.31. The highest BCUT2D eigenvalue weighted by molar-refractivity contribution is 9.10. The highest BCUT2D eigenvalue weighted by atomic mass is 79.9. The number of hydrogen-bond donors (Lipinski definition) is 0. The molecule has 1 spiro atoms. The van der Waals surface area contributed by atoms with Gasteiger partial charge >= 0.3 is 0 Å². The highest BCUT2D eigenvalue weighted by Gasteiger charge is 2.48. The molecule has 3 heteroatoms. The molecule has 1 aliphatic heterocycles. The van der Waals surface area contributed by atoms with Crippen molar-refractivity contribution in [2.75, 3.05) is 7.05 Å². The van der Waals surface area contributed by atoms with Gasteiger partial charge in [0.2, 0.25) is 0 Å². The van der Waals surface area contributed by atoms with Gasteiger partial charge in [0.15, 0.2) is 0 Å². The van der Waals surface area contributed by atoms with Gasteiger partial charge in [0.05, 0.1) is 5.54 Å². The summed E-state index contributed by atoms with van der Waals surface area (Å²) in [5, 5.41) is 0. The third kappa shape index (κ3) is 1.75. The molecule has 1 aliphatic carbocycles. The van der Waals surface area contributed by atoms with Crippen LogP contribution in [0.1, 0.15) is 39.0 Å².